The van der Waals surface area contributed by atoms with Gasteiger partial charge in [0.1, 0.15) is 0 Å². The molecule has 0 aromatic heterocycles. The molecule has 0 spiro atoms. The van der Waals surface area contributed by atoms with Crippen LogP contribution in [0.2, 0.25) is 0 Å². The summed E-state index contributed by atoms with van der Waals surface area (Å²) in [5.41, 5.74) is 0. The van der Waals surface area contributed by atoms with Crippen molar-refractivity contribution in [3.05, 3.63) is 0 Å². The normalized spacial score (nSPS) is 23.0. The summed E-state index contributed by atoms with van der Waals surface area (Å²) in [7, 11) is 0. The van der Waals surface area contributed by atoms with Crippen LogP contribution in [-0.4, -0.2) is 48.2 Å². The van der Waals surface area contributed by atoms with Crippen LogP contribution in [0, 0.1) is 5.92 Å². The van der Waals surface area contributed by atoms with Gasteiger partial charge >= 0.3 is 0 Å². The van der Waals surface area contributed by atoms with Gasteiger partial charge in [0, 0.05) is 32.1 Å². The van der Waals surface area contributed by atoms with Crippen LogP contribution >= 0.6 is 0 Å². The first kappa shape index (κ1) is 11.5. The van der Waals surface area contributed by atoms with Crippen LogP contribution in [0.15, 0.2) is 0 Å². The molecule has 1 fully saturated rings. The Morgan fingerprint density at radius 2 is 2.36 bits per heavy atom. The third-order valence-electron chi connectivity index (χ3n) is 2.50. The van der Waals surface area contributed by atoms with Crippen molar-refractivity contribution in [1.82, 2.24) is 10.2 Å². The van der Waals surface area contributed by atoms with Crippen molar-refractivity contribution in [2.24, 2.45) is 5.92 Å². The van der Waals surface area contributed by atoms with Crippen LogP contribution in [0.1, 0.15) is 20.3 Å². The van der Waals surface area contributed by atoms with Crippen LogP contribution in [0.5, 0.6) is 0 Å². The quantitative estimate of drug-likeness (QED) is 0.662. The van der Waals surface area contributed by atoms with E-state index in [9.17, 15) is 9.90 Å². The van der Waals surface area contributed by atoms with Crippen molar-refractivity contribution >= 4 is 5.91 Å². The number of rotatable bonds is 4. The molecule has 0 aromatic carbocycles. The molecule has 1 aliphatic rings. The Balaban J connectivity index is 2.07. The Bertz CT molecular complexity index is 195. The maximum atomic E-state index is 11.2. The van der Waals surface area contributed by atoms with Crippen molar-refractivity contribution in [2.45, 2.75) is 26.4 Å². The first-order valence-electron chi connectivity index (χ1n) is 5.27. The summed E-state index contributed by atoms with van der Waals surface area (Å²) in [5.74, 6) is 0.156. The number of carbonyl (C=O) groups excluding carboxylic acids is 1. The number of hydrogen-bond donors (Lipinski definition) is 2. The van der Waals surface area contributed by atoms with E-state index in [-0.39, 0.29) is 17.9 Å². The Labute approximate surface area is 85.3 Å². The highest BCUT2D eigenvalue weighted by Crippen LogP contribution is 2.06. The lowest BCUT2D eigenvalue weighted by atomic mass is 10.2. The van der Waals surface area contributed by atoms with Gasteiger partial charge in [0.2, 0.25) is 5.91 Å². The highest BCUT2D eigenvalue weighted by Gasteiger charge is 2.19. The number of hydrogen-bond acceptors (Lipinski definition) is 3. The van der Waals surface area contributed by atoms with Crippen LogP contribution < -0.4 is 5.32 Å². The van der Waals surface area contributed by atoms with E-state index in [1.54, 1.807) is 0 Å². The summed E-state index contributed by atoms with van der Waals surface area (Å²) < 4.78 is 0. The first-order chi connectivity index (χ1) is 6.59. The number of likely N-dealkylation sites (tertiary alicyclic amines) is 1. The second-order valence-electron chi connectivity index (χ2n) is 4.19. The average Bonchev–Trinajstić information content (AvgIpc) is 2.51. The number of aliphatic hydroxyl groups is 1. The molecule has 1 rings (SSSR count). The average molecular weight is 200 g/mol. The minimum absolute atomic E-state index is 0.0548. The van der Waals surface area contributed by atoms with E-state index in [0.717, 1.165) is 26.1 Å². The zero-order chi connectivity index (χ0) is 10.6. The molecule has 0 bridgehead atoms. The van der Waals surface area contributed by atoms with E-state index in [4.69, 9.17) is 0 Å². The van der Waals surface area contributed by atoms with E-state index < -0.39 is 0 Å². The van der Waals surface area contributed by atoms with Crippen LogP contribution in [0.3, 0.4) is 0 Å². The maximum Gasteiger partial charge on any atom is 0.222 e. The lowest BCUT2D eigenvalue weighted by molar-refractivity contribution is -0.124. The van der Waals surface area contributed by atoms with Crippen molar-refractivity contribution < 1.29 is 9.90 Å². The zero-order valence-corrected chi connectivity index (χ0v) is 8.99. The molecule has 1 saturated heterocycles. The molecule has 1 heterocycles. The Hall–Kier alpha value is -0.610. The lowest BCUT2D eigenvalue weighted by Crippen LogP contribution is -2.36. The molecular formula is C10H20N2O2. The maximum absolute atomic E-state index is 11.2. The third-order valence-corrected chi connectivity index (χ3v) is 2.50. The van der Waals surface area contributed by atoms with Crippen LogP contribution in [0.4, 0.5) is 0 Å². The fraction of sp³-hybridized carbons (Fsp3) is 0.900. The predicted molar refractivity (Wildman–Crippen MR) is 54.9 cm³/mol. The summed E-state index contributed by atoms with van der Waals surface area (Å²) in [4.78, 5) is 13.4. The molecule has 1 amide bonds. The van der Waals surface area contributed by atoms with Gasteiger partial charge in [-0.15, -0.1) is 0 Å². The van der Waals surface area contributed by atoms with Gasteiger partial charge in [-0.05, 0) is 6.42 Å². The number of amides is 1. The van der Waals surface area contributed by atoms with Crippen molar-refractivity contribution in [3.8, 4) is 0 Å². The van der Waals surface area contributed by atoms with Crippen LogP contribution in [0.25, 0.3) is 0 Å². The van der Waals surface area contributed by atoms with Crippen molar-refractivity contribution in [2.75, 3.05) is 26.2 Å². The van der Waals surface area contributed by atoms with Crippen molar-refractivity contribution in [3.63, 3.8) is 0 Å². The molecule has 1 atom stereocenters. The summed E-state index contributed by atoms with van der Waals surface area (Å²) in [6.45, 7) is 6.99. The topological polar surface area (TPSA) is 52.6 Å². The Kier molecular flexibility index (Phi) is 4.35. The molecule has 0 saturated carbocycles. The molecule has 4 heteroatoms. The highest BCUT2D eigenvalue weighted by molar-refractivity contribution is 5.77. The summed E-state index contributed by atoms with van der Waals surface area (Å²) in [6.07, 6.45) is 0.689. The van der Waals surface area contributed by atoms with Crippen LogP contribution in [-0.2, 0) is 4.79 Å². The number of β-amino-alcohol motifs (C(OH)–C–C–N with tert-alkyl or cyclic N) is 1. The monoisotopic (exact) mass is 200 g/mol. The van der Waals surface area contributed by atoms with Gasteiger partial charge in [-0.2, -0.15) is 0 Å². The lowest BCUT2D eigenvalue weighted by Gasteiger charge is -2.15. The van der Waals surface area contributed by atoms with Gasteiger partial charge in [0.15, 0.2) is 0 Å². The number of carbonyl (C=O) groups is 1. The van der Waals surface area contributed by atoms with Gasteiger partial charge in [0.05, 0.1) is 6.10 Å². The Morgan fingerprint density at radius 3 is 2.86 bits per heavy atom. The molecular weight excluding hydrogens is 180 g/mol. The first-order valence-corrected chi connectivity index (χ1v) is 5.27. The zero-order valence-electron chi connectivity index (χ0n) is 8.99. The molecule has 1 unspecified atom stereocenters. The predicted octanol–water partition coefficient (Wildman–Crippen LogP) is -0.175. The summed E-state index contributed by atoms with van der Waals surface area (Å²) >= 11 is 0. The summed E-state index contributed by atoms with van der Waals surface area (Å²) in [5, 5.41) is 12.1. The van der Waals surface area contributed by atoms with Gasteiger partial charge < -0.3 is 10.4 Å². The molecule has 0 radical (unpaired) electrons. The second-order valence-corrected chi connectivity index (χ2v) is 4.19. The van der Waals surface area contributed by atoms with Gasteiger partial charge in [-0.3, -0.25) is 9.69 Å². The van der Waals surface area contributed by atoms with Gasteiger partial charge in [-0.25, -0.2) is 0 Å². The van der Waals surface area contributed by atoms with E-state index in [1.165, 1.54) is 0 Å². The van der Waals surface area contributed by atoms with Gasteiger partial charge in [-0.1, -0.05) is 13.8 Å². The van der Waals surface area contributed by atoms with E-state index in [2.05, 4.69) is 10.2 Å². The standard InChI is InChI=1S/C10H20N2O2/c1-8(2)10(14)11-4-6-12-5-3-9(13)7-12/h8-9,13H,3-7H2,1-2H3,(H,11,14). The molecule has 0 aliphatic carbocycles. The largest absolute Gasteiger partial charge is 0.392 e. The molecule has 0 aromatic rings. The highest BCUT2D eigenvalue weighted by atomic mass is 16.3. The summed E-state index contributed by atoms with van der Waals surface area (Å²) in [6, 6.07) is 0. The smallest absolute Gasteiger partial charge is 0.222 e. The van der Waals surface area contributed by atoms with Gasteiger partial charge in [0.25, 0.3) is 0 Å². The molecule has 2 N–H and O–H groups in total. The SMILES string of the molecule is CC(C)C(=O)NCCN1CCC(O)C1. The minimum atomic E-state index is -0.171. The Morgan fingerprint density at radius 1 is 1.64 bits per heavy atom. The fourth-order valence-electron chi connectivity index (χ4n) is 1.56. The molecule has 14 heavy (non-hydrogen) atoms. The van der Waals surface area contributed by atoms with E-state index in [0.29, 0.717) is 6.54 Å². The molecule has 1 aliphatic heterocycles. The second kappa shape index (κ2) is 5.32. The number of nitrogens with zero attached hydrogens (tertiary/aromatic N) is 1. The van der Waals surface area contributed by atoms with E-state index >= 15 is 0 Å². The molecule has 82 valence electrons. The van der Waals surface area contributed by atoms with Crippen molar-refractivity contribution in [1.29, 1.82) is 0 Å². The number of nitrogens with one attached hydrogen (secondary N) is 1. The van der Waals surface area contributed by atoms with E-state index in [1.807, 2.05) is 13.8 Å². The fourth-order valence-corrected chi connectivity index (χ4v) is 1.56. The third kappa shape index (κ3) is 3.64. The molecule has 4 nitrogen and oxygen atoms in total. The number of aliphatic hydroxyl groups excluding tert-OH is 1. The minimum Gasteiger partial charge on any atom is -0.392 e.